The molecule has 29 heavy (non-hydrogen) atoms. The Labute approximate surface area is 171 Å². The van der Waals surface area contributed by atoms with Crippen molar-refractivity contribution in [2.75, 3.05) is 0 Å². The van der Waals surface area contributed by atoms with Gasteiger partial charge in [-0.1, -0.05) is 17.7 Å². The monoisotopic (exact) mass is 435 g/mol. The molecule has 0 amide bonds. The van der Waals surface area contributed by atoms with Gasteiger partial charge >= 0.3 is 0 Å². The lowest BCUT2D eigenvalue weighted by molar-refractivity contribution is -0.0354. The number of aliphatic hydroxyl groups excluding tert-OH is 2. The minimum absolute atomic E-state index is 0.181. The van der Waals surface area contributed by atoms with Crippen LogP contribution in [0.3, 0.4) is 0 Å². The maximum absolute atomic E-state index is 12.9. The van der Waals surface area contributed by atoms with Crippen molar-refractivity contribution < 1.29 is 23.4 Å². The number of hydrogen-bond donors (Lipinski definition) is 2. The van der Waals surface area contributed by atoms with Crippen LogP contribution in [0.15, 0.2) is 36.8 Å². The zero-order valence-electron chi connectivity index (χ0n) is 15.3. The molecule has 0 radical (unpaired) electrons. The molecule has 1 saturated heterocycles. The van der Waals surface area contributed by atoms with Gasteiger partial charge in [-0.3, -0.25) is 0 Å². The number of fused-ring (bicyclic) bond motifs is 2. The molecule has 0 bridgehead atoms. The fourth-order valence-corrected chi connectivity index (χ4v) is 6.63. The molecule has 0 aliphatic carbocycles. The number of ether oxygens (including phenoxy) is 1. The molecule has 5 atom stereocenters. The SMILES string of the molecule is Cc1ncnc2c1ccn2[C@@H]1O[C@H]([C@H]2c3ccc(Cl)cc3CS2(=O)=O)[C@@H](O)[C@H]1O. The topological polar surface area (TPSA) is 115 Å². The summed E-state index contributed by atoms with van der Waals surface area (Å²) in [6.07, 6.45) is -1.72. The number of nitrogens with zero attached hydrogens (tertiary/aromatic N) is 3. The first-order valence-corrected chi connectivity index (χ1v) is 11.2. The van der Waals surface area contributed by atoms with Crippen LogP contribution in [-0.2, 0) is 20.3 Å². The van der Waals surface area contributed by atoms with E-state index in [1.165, 1.54) is 6.33 Å². The van der Waals surface area contributed by atoms with Gasteiger partial charge in [0.2, 0.25) is 0 Å². The summed E-state index contributed by atoms with van der Waals surface area (Å²) in [6.45, 7) is 1.84. The largest absolute Gasteiger partial charge is 0.387 e. The van der Waals surface area contributed by atoms with Crippen molar-refractivity contribution in [2.24, 2.45) is 0 Å². The van der Waals surface area contributed by atoms with Crippen LogP contribution >= 0.6 is 11.6 Å². The van der Waals surface area contributed by atoms with E-state index in [-0.39, 0.29) is 5.75 Å². The lowest BCUT2D eigenvalue weighted by Crippen LogP contribution is -2.36. The van der Waals surface area contributed by atoms with E-state index in [4.69, 9.17) is 16.3 Å². The Morgan fingerprint density at radius 1 is 1.21 bits per heavy atom. The number of aryl methyl sites for hydroxylation is 1. The molecule has 2 aliphatic rings. The van der Waals surface area contributed by atoms with Gasteiger partial charge < -0.3 is 19.5 Å². The quantitative estimate of drug-likeness (QED) is 0.629. The van der Waals surface area contributed by atoms with E-state index in [0.29, 0.717) is 21.8 Å². The van der Waals surface area contributed by atoms with Gasteiger partial charge in [0.05, 0.1) is 11.4 Å². The summed E-state index contributed by atoms with van der Waals surface area (Å²) in [5.74, 6) is -0.181. The van der Waals surface area contributed by atoms with Gasteiger partial charge in [0.25, 0.3) is 0 Å². The van der Waals surface area contributed by atoms with E-state index in [9.17, 15) is 18.6 Å². The fraction of sp³-hybridized carbons (Fsp3) is 0.368. The summed E-state index contributed by atoms with van der Waals surface area (Å²) in [5.41, 5.74) is 2.44. The standard InChI is InChI=1S/C19H18ClN3O5S/c1-9-12-4-5-23(18(12)22-8-21-9)19-15(25)14(24)16(28-19)17-13-3-2-11(20)6-10(13)7-29(17,26)27/h2-6,8,14-17,19,24-25H,7H2,1H3/t14-,15+,16-,17+,19+/m0/s1. The second-order valence-electron chi connectivity index (χ2n) is 7.46. The molecule has 10 heteroatoms. The van der Waals surface area contributed by atoms with Crippen LogP contribution in [0.5, 0.6) is 0 Å². The Bertz CT molecular complexity index is 1230. The predicted octanol–water partition coefficient (Wildman–Crippen LogP) is 1.68. The van der Waals surface area contributed by atoms with Crippen molar-refractivity contribution >= 4 is 32.5 Å². The molecular weight excluding hydrogens is 418 g/mol. The van der Waals surface area contributed by atoms with E-state index in [2.05, 4.69) is 9.97 Å². The minimum Gasteiger partial charge on any atom is -0.387 e. The highest BCUT2D eigenvalue weighted by Gasteiger charge is 2.53. The van der Waals surface area contributed by atoms with Gasteiger partial charge in [-0.2, -0.15) is 0 Å². The number of aromatic nitrogens is 3. The molecule has 2 N–H and O–H groups in total. The molecule has 8 nitrogen and oxygen atoms in total. The van der Waals surface area contributed by atoms with Gasteiger partial charge in [0.1, 0.15) is 35.5 Å². The third-order valence-corrected chi connectivity index (χ3v) is 7.96. The molecular formula is C19H18ClN3O5S. The van der Waals surface area contributed by atoms with Crippen LogP contribution in [0, 0.1) is 6.92 Å². The number of benzene rings is 1. The first kappa shape index (κ1) is 19.0. The zero-order chi connectivity index (χ0) is 20.5. The van der Waals surface area contributed by atoms with Gasteiger partial charge in [0.15, 0.2) is 16.1 Å². The van der Waals surface area contributed by atoms with E-state index < -0.39 is 39.6 Å². The minimum atomic E-state index is -3.63. The van der Waals surface area contributed by atoms with Gasteiger partial charge in [-0.15, -0.1) is 0 Å². The Kier molecular flexibility index (Phi) is 4.24. The average Bonchev–Trinajstić information content (AvgIpc) is 3.28. The Hall–Kier alpha value is -2.04. The highest BCUT2D eigenvalue weighted by atomic mass is 35.5. The van der Waals surface area contributed by atoms with Crippen molar-refractivity contribution in [1.82, 2.24) is 14.5 Å². The summed E-state index contributed by atoms with van der Waals surface area (Å²) in [6, 6.07) is 6.67. The van der Waals surface area contributed by atoms with Gasteiger partial charge in [0, 0.05) is 16.6 Å². The van der Waals surface area contributed by atoms with Crippen LogP contribution in [0.4, 0.5) is 0 Å². The molecule has 1 fully saturated rings. The first-order chi connectivity index (χ1) is 13.8. The lowest BCUT2D eigenvalue weighted by atomic mass is 9.98. The third-order valence-electron chi connectivity index (χ3n) is 5.71. The summed E-state index contributed by atoms with van der Waals surface area (Å²) in [7, 11) is -3.63. The number of rotatable bonds is 2. The maximum atomic E-state index is 12.9. The summed E-state index contributed by atoms with van der Waals surface area (Å²) < 4.78 is 33.3. The molecule has 0 spiro atoms. The average molecular weight is 436 g/mol. The second kappa shape index (κ2) is 6.48. The van der Waals surface area contributed by atoms with Crippen LogP contribution in [0.1, 0.15) is 28.3 Å². The smallest absolute Gasteiger partial charge is 0.164 e. The summed E-state index contributed by atoms with van der Waals surface area (Å²) in [5, 5.41) is 21.6. The molecule has 0 unspecified atom stereocenters. The molecule has 2 aliphatic heterocycles. The number of sulfone groups is 1. The number of aliphatic hydroxyl groups is 2. The second-order valence-corrected chi connectivity index (χ2v) is 10.0. The molecule has 1 aromatic carbocycles. The van der Waals surface area contributed by atoms with Crippen molar-refractivity contribution in [3.05, 3.63) is 58.6 Å². The van der Waals surface area contributed by atoms with Crippen molar-refractivity contribution in [3.8, 4) is 0 Å². The molecule has 4 heterocycles. The van der Waals surface area contributed by atoms with E-state index in [0.717, 1.165) is 11.1 Å². The van der Waals surface area contributed by atoms with E-state index >= 15 is 0 Å². The third kappa shape index (κ3) is 2.80. The summed E-state index contributed by atoms with van der Waals surface area (Å²) in [4.78, 5) is 8.39. The summed E-state index contributed by atoms with van der Waals surface area (Å²) >= 11 is 6.00. The Morgan fingerprint density at radius 2 is 2.00 bits per heavy atom. The fourth-order valence-electron chi connectivity index (χ4n) is 4.33. The van der Waals surface area contributed by atoms with Crippen molar-refractivity contribution in [2.45, 2.75) is 42.5 Å². The van der Waals surface area contributed by atoms with E-state index in [1.807, 2.05) is 6.92 Å². The Balaban J connectivity index is 1.56. The normalized spacial score (nSPS) is 30.7. The van der Waals surface area contributed by atoms with Crippen LogP contribution < -0.4 is 0 Å². The van der Waals surface area contributed by atoms with Crippen molar-refractivity contribution in [1.29, 1.82) is 0 Å². The molecule has 3 aromatic rings. The first-order valence-electron chi connectivity index (χ1n) is 9.07. The van der Waals surface area contributed by atoms with Crippen LogP contribution in [0.25, 0.3) is 11.0 Å². The zero-order valence-corrected chi connectivity index (χ0v) is 16.9. The Morgan fingerprint density at radius 3 is 2.79 bits per heavy atom. The molecule has 152 valence electrons. The molecule has 5 rings (SSSR count). The maximum Gasteiger partial charge on any atom is 0.164 e. The molecule has 0 saturated carbocycles. The van der Waals surface area contributed by atoms with Crippen molar-refractivity contribution in [3.63, 3.8) is 0 Å². The van der Waals surface area contributed by atoms with E-state index in [1.54, 1.807) is 35.0 Å². The van der Waals surface area contributed by atoms with Gasteiger partial charge in [-0.05, 0) is 36.2 Å². The van der Waals surface area contributed by atoms with Crippen LogP contribution in [0.2, 0.25) is 5.02 Å². The highest BCUT2D eigenvalue weighted by Crippen LogP contribution is 2.46. The number of halogens is 1. The predicted molar refractivity (Wildman–Crippen MR) is 105 cm³/mol. The van der Waals surface area contributed by atoms with Gasteiger partial charge in [-0.25, -0.2) is 18.4 Å². The number of hydrogen-bond acceptors (Lipinski definition) is 7. The molecule has 2 aromatic heterocycles. The van der Waals surface area contributed by atoms with Crippen LogP contribution in [-0.4, -0.2) is 51.5 Å². The highest BCUT2D eigenvalue weighted by molar-refractivity contribution is 7.91. The lowest BCUT2D eigenvalue weighted by Gasteiger charge is -2.22.